The molecule has 198 valence electrons. The van der Waals surface area contributed by atoms with Gasteiger partial charge in [0.05, 0.1) is 5.76 Å². The van der Waals surface area contributed by atoms with Gasteiger partial charge in [-0.3, -0.25) is 4.90 Å². The molecule has 1 atom stereocenters. The number of hydrogen-bond donors (Lipinski definition) is 1. The minimum atomic E-state index is -0.522. The fourth-order valence-electron chi connectivity index (χ4n) is 3.99. The first kappa shape index (κ1) is 30.7. The van der Waals surface area contributed by atoms with Crippen LogP contribution < -0.4 is 0 Å². The van der Waals surface area contributed by atoms with Gasteiger partial charge in [0.2, 0.25) is 0 Å². The van der Waals surface area contributed by atoms with Crippen molar-refractivity contribution in [1.29, 1.82) is 0 Å². The molecule has 6 nitrogen and oxygen atoms in total. The van der Waals surface area contributed by atoms with Crippen LogP contribution in [-0.4, -0.2) is 65.4 Å². The van der Waals surface area contributed by atoms with E-state index >= 15 is 0 Å². The van der Waals surface area contributed by atoms with Gasteiger partial charge in [-0.15, -0.1) is 0 Å². The van der Waals surface area contributed by atoms with Gasteiger partial charge in [-0.2, -0.15) is 0 Å². The minimum Gasteiger partial charge on any atom is -0.493 e. The van der Waals surface area contributed by atoms with Crippen LogP contribution in [0.1, 0.15) is 73.3 Å². The maximum atomic E-state index is 12.6. The van der Waals surface area contributed by atoms with Gasteiger partial charge in [0, 0.05) is 45.2 Å². The van der Waals surface area contributed by atoms with Crippen LogP contribution in [0.15, 0.2) is 53.8 Å². The lowest BCUT2D eigenvalue weighted by Crippen LogP contribution is -2.56. The van der Waals surface area contributed by atoms with Crippen molar-refractivity contribution in [3.05, 3.63) is 59.4 Å². The Hall–Kier alpha value is -2.31. The van der Waals surface area contributed by atoms with Gasteiger partial charge in [0.25, 0.3) is 0 Å². The van der Waals surface area contributed by atoms with Gasteiger partial charge < -0.3 is 19.5 Å². The van der Waals surface area contributed by atoms with Crippen LogP contribution in [0.4, 0.5) is 4.79 Å². The van der Waals surface area contributed by atoms with Crippen molar-refractivity contribution < 1.29 is 19.4 Å². The third kappa shape index (κ3) is 11.3. The molecule has 6 heteroatoms. The van der Waals surface area contributed by atoms with E-state index in [2.05, 4.69) is 29.2 Å². The minimum absolute atomic E-state index is 0.0458. The van der Waals surface area contributed by atoms with Gasteiger partial charge in [0.1, 0.15) is 12.2 Å². The quantitative estimate of drug-likeness (QED) is 0.498. The monoisotopic (exact) mass is 488 g/mol. The summed E-state index contributed by atoms with van der Waals surface area (Å²) < 4.78 is 11.6. The molecule has 35 heavy (non-hydrogen) atoms. The molecule has 0 bridgehead atoms. The van der Waals surface area contributed by atoms with Crippen LogP contribution in [0.25, 0.3) is 0 Å². The summed E-state index contributed by atoms with van der Waals surface area (Å²) in [5.41, 5.74) is 1.90. The number of benzene rings is 1. The van der Waals surface area contributed by atoms with E-state index in [0.29, 0.717) is 19.6 Å². The van der Waals surface area contributed by atoms with Gasteiger partial charge in [-0.25, -0.2) is 4.79 Å². The Bertz CT molecular complexity index is 784. The molecule has 0 aromatic heterocycles. The van der Waals surface area contributed by atoms with Crippen LogP contribution in [-0.2, 0) is 16.1 Å². The Morgan fingerprint density at radius 1 is 1.09 bits per heavy atom. The third-order valence-corrected chi connectivity index (χ3v) is 5.47. The average molecular weight is 489 g/mol. The molecule has 1 fully saturated rings. The molecule has 1 saturated heterocycles. The summed E-state index contributed by atoms with van der Waals surface area (Å²) in [5, 5.41) is 9.51. The Balaban J connectivity index is 0.00000145. The highest BCUT2D eigenvalue weighted by Gasteiger charge is 2.33. The number of amides is 1. The first-order chi connectivity index (χ1) is 16.8. The van der Waals surface area contributed by atoms with Gasteiger partial charge >= 0.3 is 6.09 Å². The highest BCUT2D eigenvalue weighted by atomic mass is 16.6. The van der Waals surface area contributed by atoms with E-state index in [1.54, 1.807) is 4.90 Å². The predicted octanol–water partition coefficient (Wildman–Crippen LogP) is 6.16. The van der Waals surface area contributed by atoms with Crippen molar-refractivity contribution >= 4 is 6.09 Å². The van der Waals surface area contributed by atoms with Crippen LogP contribution in [0.5, 0.6) is 0 Å². The molecule has 1 unspecified atom stereocenters. The zero-order valence-electron chi connectivity index (χ0n) is 23.0. The number of nitrogens with zero attached hydrogens (tertiary/aromatic N) is 2. The molecule has 1 aliphatic heterocycles. The molecule has 2 aliphatic rings. The number of carbonyl (C=O) groups is 1. The highest BCUT2D eigenvalue weighted by Crippen LogP contribution is 2.23. The maximum Gasteiger partial charge on any atom is 0.410 e. The number of rotatable bonds is 7. The molecule has 0 saturated carbocycles. The first-order valence-electron chi connectivity index (χ1n) is 13.2. The van der Waals surface area contributed by atoms with Crippen LogP contribution in [0, 0.1) is 0 Å². The molecule has 1 aliphatic carbocycles. The summed E-state index contributed by atoms with van der Waals surface area (Å²) in [5.74, 6) is 1.03. The number of piperazine rings is 1. The van der Waals surface area contributed by atoms with E-state index in [-0.39, 0.29) is 18.7 Å². The molecule has 1 aromatic rings. The van der Waals surface area contributed by atoms with E-state index in [4.69, 9.17) is 9.47 Å². The molecular weight excluding hydrogens is 440 g/mol. The van der Waals surface area contributed by atoms with E-state index in [1.165, 1.54) is 11.1 Å². The predicted molar refractivity (Wildman–Crippen MR) is 144 cm³/mol. The number of allylic oxidation sites excluding steroid dienone is 2. The number of ether oxygens (including phenoxy) is 2. The second-order valence-electron chi connectivity index (χ2n) is 9.28. The zero-order valence-corrected chi connectivity index (χ0v) is 23.0. The highest BCUT2D eigenvalue weighted by molar-refractivity contribution is 5.68. The smallest absolute Gasteiger partial charge is 0.410 e. The third-order valence-electron chi connectivity index (χ3n) is 5.47. The van der Waals surface area contributed by atoms with Crippen molar-refractivity contribution in [3.8, 4) is 0 Å². The lowest BCUT2D eigenvalue weighted by atomic mass is 10.0. The van der Waals surface area contributed by atoms with Crippen molar-refractivity contribution in [1.82, 2.24) is 9.80 Å². The Kier molecular flexibility index (Phi) is 14.4. The van der Waals surface area contributed by atoms with E-state index in [1.807, 2.05) is 66.7 Å². The molecule has 0 radical (unpaired) electrons. The summed E-state index contributed by atoms with van der Waals surface area (Å²) in [6.45, 7) is 17.2. The van der Waals surface area contributed by atoms with Crippen molar-refractivity contribution in [2.75, 3.05) is 32.8 Å². The summed E-state index contributed by atoms with van der Waals surface area (Å²) >= 11 is 0. The average Bonchev–Trinajstić information content (AvgIpc) is 2.85. The number of aliphatic hydroxyl groups excluding tert-OH is 1. The van der Waals surface area contributed by atoms with Crippen LogP contribution >= 0.6 is 0 Å². The topological polar surface area (TPSA) is 62.2 Å². The van der Waals surface area contributed by atoms with Crippen LogP contribution in [0.3, 0.4) is 0 Å². The van der Waals surface area contributed by atoms with Crippen LogP contribution in [0.2, 0.25) is 0 Å². The molecule has 1 N–H and O–H groups in total. The Labute approximate surface area is 213 Å². The summed E-state index contributed by atoms with van der Waals surface area (Å²) in [6.07, 6.45) is 6.60. The lowest BCUT2D eigenvalue weighted by molar-refractivity contribution is -0.00383. The molecule has 3 rings (SSSR count). The second kappa shape index (κ2) is 16.4. The number of hydrogen-bond acceptors (Lipinski definition) is 5. The summed E-state index contributed by atoms with van der Waals surface area (Å²) in [7, 11) is 0. The largest absolute Gasteiger partial charge is 0.493 e. The Morgan fingerprint density at radius 3 is 2.40 bits per heavy atom. The van der Waals surface area contributed by atoms with Crippen molar-refractivity contribution in [2.45, 2.75) is 86.0 Å². The standard InChI is InChI=1S/C25H36N2O4.2C2H6/c1-25(2,3)31-24(29)27-14-13-26(18-22(27)12-15-28)17-21-10-7-11-23(16-21)30-19-20-8-5-4-6-9-20;2*1-2/h4-6,8-10,16,22,28H,7,11-15,17-19H2,1-3H3;2*1-2H3. The maximum absolute atomic E-state index is 12.6. The van der Waals surface area contributed by atoms with Gasteiger partial charge in [-0.05, 0) is 50.8 Å². The molecule has 1 heterocycles. The normalized spacial score (nSPS) is 18.2. The van der Waals surface area contributed by atoms with E-state index < -0.39 is 5.60 Å². The van der Waals surface area contributed by atoms with E-state index in [0.717, 1.165) is 38.2 Å². The first-order valence-corrected chi connectivity index (χ1v) is 13.2. The fourth-order valence-corrected chi connectivity index (χ4v) is 3.99. The number of carbonyl (C=O) groups excluding carboxylic acids is 1. The molecule has 1 amide bonds. The molecular formula is C29H48N2O4. The summed E-state index contributed by atoms with van der Waals surface area (Å²) in [6, 6.07) is 10.2. The molecule has 0 spiro atoms. The number of aliphatic hydroxyl groups is 1. The van der Waals surface area contributed by atoms with Gasteiger partial charge in [-0.1, -0.05) is 64.1 Å². The SMILES string of the molecule is CC.CC.CC(C)(C)OC(=O)N1CCN(CC2=CCCC(OCc3ccccc3)=C2)CC1CCO. The van der Waals surface area contributed by atoms with Crippen molar-refractivity contribution in [2.24, 2.45) is 0 Å². The Morgan fingerprint density at radius 2 is 1.77 bits per heavy atom. The lowest BCUT2D eigenvalue weighted by Gasteiger charge is -2.41. The zero-order chi connectivity index (χ0) is 26.3. The molecule has 1 aromatic carbocycles. The fraction of sp³-hybridized carbons (Fsp3) is 0.621. The second-order valence-corrected chi connectivity index (χ2v) is 9.28. The van der Waals surface area contributed by atoms with Crippen molar-refractivity contribution in [3.63, 3.8) is 0 Å². The van der Waals surface area contributed by atoms with Gasteiger partial charge in [0.15, 0.2) is 0 Å². The summed E-state index contributed by atoms with van der Waals surface area (Å²) in [4.78, 5) is 16.7. The van der Waals surface area contributed by atoms with E-state index in [9.17, 15) is 9.90 Å².